The second kappa shape index (κ2) is 13.8. The van der Waals surface area contributed by atoms with Gasteiger partial charge in [-0.05, 0) is 68.9 Å². The first-order valence-electron chi connectivity index (χ1n) is 17.3. The first kappa shape index (κ1) is 37.3. The molecule has 5 atom stereocenters. The van der Waals surface area contributed by atoms with Gasteiger partial charge in [0.05, 0.1) is 37.0 Å². The Morgan fingerprint density at radius 1 is 1.13 bits per heavy atom. The van der Waals surface area contributed by atoms with E-state index in [1.54, 1.807) is 43.8 Å². The molecule has 0 bridgehead atoms. The van der Waals surface area contributed by atoms with Crippen molar-refractivity contribution in [3.63, 3.8) is 0 Å². The summed E-state index contributed by atoms with van der Waals surface area (Å²) in [5, 5.41) is 4.41. The number of pyridine rings is 2. The van der Waals surface area contributed by atoms with Crippen LogP contribution in [0, 0.1) is 18.3 Å². The van der Waals surface area contributed by atoms with Crippen LogP contribution >= 0.6 is 11.6 Å². The van der Waals surface area contributed by atoms with Crippen LogP contribution in [0.15, 0.2) is 55.4 Å². The summed E-state index contributed by atoms with van der Waals surface area (Å²) in [5.74, 6) is -1.45. The van der Waals surface area contributed by atoms with Crippen LogP contribution in [0.4, 0.5) is 10.5 Å². The summed E-state index contributed by atoms with van der Waals surface area (Å²) in [6.45, 7) is 13.1. The quantitative estimate of drug-likeness (QED) is 0.241. The van der Waals surface area contributed by atoms with E-state index in [0.29, 0.717) is 47.0 Å². The standard InChI is InChI=1S/C37H45ClN6O7S/c1-8-23-17-37(23,34(46)42-52(48,49)27-12-13-27)44(33(45)31(36(4,5)6)41-25-11-9-21(2)39-18-25)35(47)43-20-26(15-22(43)3)51-32-29-16-24(38)10-14-28(29)30(50-7)19-40-32/h8-11,14,16,18-19,22-23,26-27,31,41H,1,12-13,15,17,20H2,2-7H3,(H,42,46)/t22?,23-,26-,31+,37-/m1/s1. The van der Waals surface area contributed by atoms with Crippen LogP contribution in [0.3, 0.4) is 0 Å². The average Bonchev–Trinajstić information content (AvgIpc) is 4.01. The highest BCUT2D eigenvalue weighted by Crippen LogP contribution is 2.52. The molecule has 15 heteroatoms. The Labute approximate surface area is 309 Å². The number of hydrogen-bond acceptors (Lipinski definition) is 10. The van der Waals surface area contributed by atoms with Crippen molar-refractivity contribution in [2.45, 2.75) is 89.3 Å². The number of fused-ring (bicyclic) bond motifs is 1. The molecule has 278 valence electrons. The number of urea groups is 1. The van der Waals surface area contributed by atoms with E-state index in [0.717, 1.165) is 16.0 Å². The number of benzene rings is 1. The van der Waals surface area contributed by atoms with E-state index >= 15 is 4.79 Å². The van der Waals surface area contributed by atoms with Gasteiger partial charge in [-0.1, -0.05) is 38.4 Å². The zero-order valence-corrected chi connectivity index (χ0v) is 31.8. The summed E-state index contributed by atoms with van der Waals surface area (Å²) < 4.78 is 40.2. The number of carbonyl (C=O) groups is 3. The first-order chi connectivity index (χ1) is 24.5. The molecule has 3 aliphatic rings. The highest BCUT2D eigenvalue weighted by Gasteiger charge is 2.68. The van der Waals surface area contributed by atoms with Crippen molar-refractivity contribution in [1.82, 2.24) is 24.5 Å². The maximum atomic E-state index is 15.0. The van der Waals surface area contributed by atoms with Crippen LogP contribution < -0.4 is 19.5 Å². The zero-order valence-electron chi connectivity index (χ0n) is 30.2. The maximum Gasteiger partial charge on any atom is 0.328 e. The van der Waals surface area contributed by atoms with E-state index in [4.69, 9.17) is 21.1 Å². The molecule has 1 unspecified atom stereocenters. The molecule has 2 saturated carbocycles. The van der Waals surface area contributed by atoms with Gasteiger partial charge < -0.3 is 19.7 Å². The van der Waals surface area contributed by atoms with E-state index < -0.39 is 68.2 Å². The van der Waals surface area contributed by atoms with Crippen LogP contribution in [0.2, 0.25) is 5.02 Å². The number of aromatic nitrogens is 2. The van der Waals surface area contributed by atoms with Crippen molar-refractivity contribution in [3.05, 3.63) is 66.1 Å². The first-order valence-corrected chi connectivity index (χ1v) is 19.2. The number of hydrogen-bond donors (Lipinski definition) is 2. The van der Waals surface area contributed by atoms with Crippen molar-refractivity contribution in [1.29, 1.82) is 0 Å². The van der Waals surface area contributed by atoms with Gasteiger partial charge in [0, 0.05) is 39.9 Å². The number of aryl methyl sites for hydroxylation is 1. The van der Waals surface area contributed by atoms with Crippen molar-refractivity contribution in [2.75, 3.05) is 19.0 Å². The van der Waals surface area contributed by atoms with Crippen LogP contribution in [0.5, 0.6) is 11.6 Å². The Kier molecular flexibility index (Phi) is 9.94. The molecule has 2 N–H and O–H groups in total. The maximum absolute atomic E-state index is 15.0. The van der Waals surface area contributed by atoms with Gasteiger partial charge in [-0.2, -0.15) is 0 Å². The summed E-state index contributed by atoms with van der Waals surface area (Å²) in [6, 6.07) is 6.67. The molecule has 6 rings (SSSR count). The fourth-order valence-corrected chi connectivity index (χ4v) is 8.38. The molecule has 1 aliphatic heterocycles. The predicted molar refractivity (Wildman–Crippen MR) is 198 cm³/mol. The monoisotopic (exact) mass is 752 g/mol. The fraction of sp³-hybridized carbons (Fsp3) is 0.486. The van der Waals surface area contributed by atoms with Crippen molar-refractivity contribution < 1.29 is 32.3 Å². The van der Waals surface area contributed by atoms with Crippen LogP contribution in [-0.2, 0) is 19.6 Å². The van der Waals surface area contributed by atoms with E-state index in [1.165, 1.54) is 11.0 Å². The lowest BCUT2D eigenvalue weighted by molar-refractivity contribution is -0.141. The molecule has 4 amide bonds. The van der Waals surface area contributed by atoms with Crippen molar-refractivity contribution >= 4 is 55.9 Å². The number of likely N-dealkylation sites (tertiary alicyclic amines) is 1. The third kappa shape index (κ3) is 7.14. The summed E-state index contributed by atoms with van der Waals surface area (Å²) in [6.07, 6.45) is 5.37. The van der Waals surface area contributed by atoms with E-state index in [1.807, 2.05) is 40.7 Å². The smallest absolute Gasteiger partial charge is 0.328 e. The van der Waals surface area contributed by atoms with Gasteiger partial charge in [0.25, 0.3) is 11.8 Å². The number of carbonyl (C=O) groups excluding carboxylic acids is 3. The number of nitrogens with one attached hydrogen (secondary N) is 2. The minimum Gasteiger partial charge on any atom is -0.494 e. The summed E-state index contributed by atoms with van der Waals surface area (Å²) in [4.78, 5) is 55.4. The molecular weight excluding hydrogens is 708 g/mol. The minimum absolute atomic E-state index is 0.0214. The second-order valence-corrected chi connectivity index (χ2v) is 17.4. The Morgan fingerprint density at radius 3 is 2.46 bits per heavy atom. The lowest BCUT2D eigenvalue weighted by Crippen LogP contribution is -2.64. The molecule has 1 saturated heterocycles. The lowest BCUT2D eigenvalue weighted by atomic mass is 9.85. The molecule has 52 heavy (non-hydrogen) atoms. The Hall–Kier alpha value is -4.43. The zero-order chi connectivity index (χ0) is 37.7. The molecule has 2 aliphatic carbocycles. The van der Waals surface area contributed by atoms with Gasteiger partial charge >= 0.3 is 6.03 Å². The minimum atomic E-state index is -4.01. The van der Waals surface area contributed by atoms with Gasteiger partial charge in [-0.3, -0.25) is 19.3 Å². The third-order valence-corrected chi connectivity index (χ3v) is 12.1. The van der Waals surface area contributed by atoms with Gasteiger partial charge in [0.15, 0.2) is 0 Å². The third-order valence-electron chi connectivity index (χ3n) is 10.1. The van der Waals surface area contributed by atoms with E-state index in [2.05, 4.69) is 26.6 Å². The molecule has 3 aromatic rings. The Morgan fingerprint density at radius 2 is 1.87 bits per heavy atom. The van der Waals surface area contributed by atoms with Crippen LogP contribution in [0.1, 0.15) is 59.1 Å². The topological polar surface area (TPSA) is 160 Å². The molecule has 1 aromatic carbocycles. The normalized spacial score (nSPS) is 23.4. The number of anilines is 1. The van der Waals surface area contributed by atoms with Gasteiger partial charge in [-0.15, -0.1) is 6.58 Å². The second-order valence-electron chi connectivity index (χ2n) is 15.0. The average molecular weight is 753 g/mol. The highest BCUT2D eigenvalue weighted by molar-refractivity contribution is 7.91. The van der Waals surface area contributed by atoms with Crippen LogP contribution in [-0.4, -0.2) is 88.7 Å². The van der Waals surface area contributed by atoms with Crippen molar-refractivity contribution in [2.24, 2.45) is 11.3 Å². The lowest BCUT2D eigenvalue weighted by Gasteiger charge is -2.40. The van der Waals surface area contributed by atoms with Crippen molar-refractivity contribution in [3.8, 4) is 11.6 Å². The van der Waals surface area contributed by atoms with Gasteiger partial charge in [0.2, 0.25) is 15.9 Å². The number of halogens is 1. The molecule has 0 radical (unpaired) electrons. The summed E-state index contributed by atoms with van der Waals surface area (Å²) in [5.41, 5.74) is -1.28. The number of rotatable bonds is 11. The number of amides is 4. The summed E-state index contributed by atoms with van der Waals surface area (Å²) in [7, 11) is -2.47. The SMILES string of the molecule is C=C[C@@H]1C[C@@]1(C(=O)NS(=O)(=O)C1CC1)N(C(=O)[C@H](Nc1ccc(C)nc1)C(C)(C)C)C(=O)N1C[C@H](Oc2ncc(OC)c3ccc(Cl)cc23)CC1C. The number of methoxy groups -OCH3 is 1. The largest absolute Gasteiger partial charge is 0.494 e. The molecule has 0 spiro atoms. The predicted octanol–water partition coefficient (Wildman–Crippen LogP) is 5.47. The molecular formula is C37H45ClN6O7S. The molecule has 13 nitrogen and oxygen atoms in total. The highest BCUT2D eigenvalue weighted by atomic mass is 35.5. The Bertz CT molecular complexity index is 2020. The molecule has 2 aromatic heterocycles. The summed E-state index contributed by atoms with van der Waals surface area (Å²) >= 11 is 6.33. The number of sulfonamides is 1. The fourth-order valence-electron chi connectivity index (χ4n) is 6.85. The molecule has 3 heterocycles. The number of ether oxygens (including phenoxy) is 2. The van der Waals surface area contributed by atoms with Gasteiger partial charge in [-0.25, -0.2) is 23.1 Å². The number of nitrogens with zero attached hydrogens (tertiary/aromatic N) is 4. The van der Waals surface area contributed by atoms with Gasteiger partial charge in [0.1, 0.15) is 23.4 Å². The van der Waals surface area contributed by atoms with E-state index in [9.17, 15) is 18.0 Å². The molecule has 3 fully saturated rings. The Balaban J connectivity index is 1.36. The van der Waals surface area contributed by atoms with Crippen LogP contribution in [0.25, 0.3) is 10.8 Å². The number of imide groups is 1. The van der Waals surface area contributed by atoms with E-state index in [-0.39, 0.29) is 13.0 Å².